The number of hydrogen-bond acceptors (Lipinski definition) is 7. The van der Waals surface area contributed by atoms with Gasteiger partial charge in [-0.05, 0) is 66.4 Å². The highest BCUT2D eigenvalue weighted by atomic mass is 16.6. The molecule has 216 valence electrons. The third-order valence-electron chi connectivity index (χ3n) is 7.29. The second-order valence-corrected chi connectivity index (χ2v) is 9.95. The van der Waals surface area contributed by atoms with Crippen molar-refractivity contribution in [3.05, 3.63) is 83.9 Å². The monoisotopic (exact) mass is 550 g/mol. The van der Waals surface area contributed by atoms with Gasteiger partial charge in [0, 0.05) is 14.5 Å². The number of aliphatic hydroxyl groups is 1. The van der Waals surface area contributed by atoms with Crippen LogP contribution < -0.4 is 24.3 Å². The number of methoxy groups -OCH3 is 1. The van der Waals surface area contributed by atoms with E-state index in [4.69, 9.17) is 18.9 Å². The summed E-state index contributed by atoms with van der Waals surface area (Å²) in [5.74, 6) is 2.95. The van der Waals surface area contributed by atoms with E-state index in [-0.39, 0.29) is 27.8 Å². The van der Waals surface area contributed by atoms with Gasteiger partial charge in [-0.1, -0.05) is 43.8 Å². The van der Waals surface area contributed by atoms with Crippen LogP contribution in [-0.2, 0) is 4.79 Å². The molecule has 3 aromatic carbocycles. The summed E-state index contributed by atoms with van der Waals surface area (Å²) < 4.78 is 22.3. The molecule has 1 amide bonds. The highest BCUT2D eigenvalue weighted by Crippen LogP contribution is 2.34. The van der Waals surface area contributed by atoms with Crippen molar-refractivity contribution in [3.8, 4) is 23.0 Å². The quantitative estimate of drug-likeness (QED) is 0.354. The molecule has 5 rings (SSSR count). The lowest BCUT2D eigenvalue weighted by Gasteiger charge is -2.29. The van der Waals surface area contributed by atoms with Crippen LogP contribution in [0.3, 0.4) is 0 Å². The summed E-state index contributed by atoms with van der Waals surface area (Å²) in [5, 5.41) is 14.5. The Kier molecular flexibility index (Phi) is 10.3. The summed E-state index contributed by atoms with van der Waals surface area (Å²) in [5.41, 5.74) is 2.00. The van der Waals surface area contributed by atoms with E-state index in [0.717, 1.165) is 25.3 Å². The Morgan fingerprint density at radius 3 is 2.52 bits per heavy atom. The zero-order valence-corrected chi connectivity index (χ0v) is 22.3. The molecule has 2 heterocycles. The molecule has 0 spiro atoms. The van der Waals surface area contributed by atoms with Gasteiger partial charge in [0.25, 0.3) is 0 Å². The van der Waals surface area contributed by atoms with Gasteiger partial charge in [-0.3, -0.25) is 4.79 Å². The molecule has 40 heavy (non-hydrogen) atoms. The maximum atomic E-state index is 13.0. The molecule has 2 aliphatic heterocycles. The fourth-order valence-electron chi connectivity index (χ4n) is 5.19. The number of nitrogens with zero attached hydrogens (tertiary/aromatic N) is 1. The summed E-state index contributed by atoms with van der Waals surface area (Å²) in [4.78, 5) is 15.3. The van der Waals surface area contributed by atoms with Gasteiger partial charge in [0.1, 0.15) is 30.8 Å². The van der Waals surface area contributed by atoms with Gasteiger partial charge in [0.15, 0.2) is 11.5 Å². The van der Waals surface area contributed by atoms with Gasteiger partial charge in [0.05, 0.1) is 26.2 Å². The highest BCUT2D eigenvalue weighted by molar-refractivity contribution is 5.76. The first kappa shape index (κ1) is 29.2. The minimum absolute atomic E-state index is 0. The van der Waals surface area contributed by atoms with Crippen molar-refractivity contribution < 1.29 is 30.3 Å². The summed E-state index contributed by atoms with van der Waals surface area (Å²) in [6, 6.07) is 22.7. The van der Waals surface area contributed by atoms with E-state index < -0.39 is 12.1 Å². The zero-order valence-electron chi connectivity index (χ0n) is 22.3. The third kappa shape index (κ3) is 7.46. The van der Waals surface area contributed by atoms with Crippen molar-refractivity contribution in [3.63, 3.8) is 0 Å². The van der Waals surface area contributed by atoms with Crippen LogP contribution in [-0.4, -0.2) is 68.5 Å². The van der Waals surface area contributed by atoms with Crippen LogP contribution in [0.15, 0.2) is 72.8 Å². The minimum Gasteiger partial charge on any atom is -0.497 e. The lowest BCUT2D eigenvalue weighted by molar-refractivity contribution is -0.123. The molecule has 0 bridgehead atoms. The van der Waals surface area contributed by atoms with Gasteiger partial charge in [0.2, 0.25) is 5.91 Å². The van der Waals surface area contributed by atoms with Gasteiger partial charge in [-0.2, -0.15) is 0 Å². The molecular formula is C32H42N2O6. The Morgan fingerprint density at radius 1 is 1.05 bits per heavy atom. The number of carbonyl (C=O) groups is 1. The molecule has 3 aromatic rings. The Bertz CT molecular complexity index is 1230. The number of likely N-dealkylation sites (tertiary alicyclic amines) is 1. The van der Waals surface area contributed by atoms with Crippen molar-refractivity contribution in [2.45, 2.75) is 38.3 Å². The number of rotatable bonds is 11. The van der Waals surface area contributed by atoms with E-state index >= 15 is 0 Å². The maximum absolute atomic E-state index is 13.0. The molecule has 1 fully saturated rings. The molecule has 1 saturated heterocycles. The van der Waals surface area contributed by atoms with Gasteiger partial charge in [-0.25, -0.2) is 0 Å². The Morgan fingerprint density at radius 2 is 1.77 bits per heavy atom. The summed E-state index contributed by atoms with van der Waals surface area (Å²) in [6.45, 7) is 3.51. The first-order valence-corrected chi connectivity index (χ1v) is 13.5. The molecule has 2 N–H and O–H groups in total. The third-order valence-corrected chi connectivity index (χ3v) is 7.29. The average Bonchev–Trinajstić information content (AvgIpc) is 3.45. The summed E-state index contributed by atoms with van der Waals surface area (Å²) >= 11 is 0. The molecule has 2 aliphatic rings. The summed E-state index contributed by atoms with van der Waals surface area (Å²) in [6.07, 6.45) is 0.298. The molecule has 3 atom stereocenters. The number of carbonyl (C=O) groups excluding carboxylic acids is 1. The molecule has 0 aliphatic carbocycles. The van der Waals surface area contributed by atoms with Crippen LogP contribution in [0.1, 0.15) is 44.8 Å². The van der Waals surface area contributed by atoms with Crippen LogP contribution in [0.25, 0.3) is 0 Å². The molecule has 8 heteroatoms. The van der Waals surface area contributed by atoms with Crippen LogP contribution in [0, 0.1) is 0 Å². The van der Waals surface area contributed by atoms with Gasteiger partial charge >= 0.3 is 0 Å². The van der Waals surface area contributed by atoms with Crippen molar-refractivity contribution in [2.24, 2.45) is 0 Å². The number of benzene rings is 3. The molecule has 0 saturated carbocycles. The molecule has 8 nitrogen and oxygen atoms in total. The minimum atomic E-state index is -0.914. The number of ether oxygens (including phenoxy) is 4. The Hall–Kier alpha value is -3.75. The normalized spacial score (nSPS) is 17.8. The van der Waals surface area contributed by atoms with Gasteiger partial charge in [-0.15, -0.1) is 0 Å². The number of amides is 1. The number of nitrogens with one attached hydrogen (secondary N) is 1. The van der Waals surface area contributed by atoms with Crippen molar-refractivity contribution >= 4 is 5.91 Å². The number of fused-ring (bicyclic) bond motifs is 1. The smallest absolute Gasteiger partial charge is 0.223 e. The van der Waals surface area contributed by atoms with Gasteiger partial charge < -0.3 is 34.3 Å². The maximum Gasteiger partial charge on any atom is 0.223 e. The Labute approximate surface area is 238 Å². The summed E-state index contributed by atoms with van der Waals surface area (Å²) in [7, 11) is 1.61. The predicted molar refractivity (Wildman–Crippen MR) is 157 cm³/mol. The van der Waals surface area contributed by atoms with E-state index in [1.54, 1.807) is 7.11 Å². The van der Waals surface area contributed by atoms with Crippen LogP contribution in [0.4, 0.5) is 0 Å². The Balaban J connectivity index is 0.00000231. The average molecular weight is 551 g/mol. The van der Waals surface area contributed by atoms with E-state index in [1.807, 2.05) is 48.5 Å². The molecule has 0 unspecified atom stereocenters. The predicted octanol–water partition coefficient (Wildman–Crippen LogP) is 4.83. The highest BCUT2D eigenvalue weighted by Gasteiger charge is 2.30. The van der Waals surface area contributed by atoms with Crippen LogP contribution >= 0.6 is 0 Å². The first-order valence-electron chi connectivity index (χ1n) is 13.5. The van der Waals surface area contributed by atoms with Crippen molar-refractivity contribution in [2.75, 3.05) is 46.6 Å². The topological polar surface area (TPSA) is 89.5 Å². The lowest BCUT2D eigenvalue weighted by atomic mass is 9.98. The fourth-order valence-corrected chi connectivity index (χ4v) is 5.19. The second-order valence-electron chi connectivity index (χ2n) is 9.95. The van der Waals surface area contributed by atoms with E-state index in [0.29, 0.717) is 48.5 Å². The first-order chi connectivity index (χ1) is 19.1. The van der Waals surface area contributed by atoms with Crippen molar-refractivity contribution in [1.82, 2.24) is 10.2 Å². The zero-order chi connectivity index (χ0) is 27.0. The van der Waals surface area contributed by atoms with E-state index in [9.17, 15) is 9.90 Å². The molecular weight excluding hydrogens is 508 g/mol. The largest absolute Gasteiger partial charge is 0.497 e. The molecule has 0 radical (unpaired) electrons. The number of aliphatic hydroxyl groups excluding tert-OH is 1. The van der Waals surface area contributed by atoms with E-state index in [1.165, 1.54) is 5.56 Å². The van der Waals surface area contributed by atoms with E-state index in [2.05, 4.69) is 34.5 Å². The second kappa shape index (κ2) is 14.1. The molecule has 0 aromatic heterocycles. The van der Waals surface area contributed by atoms with Crippen LogP contribution in [0.5, 0.6) is 23.0 Å². The standard InChI is InChI=1S/C31H36N2O6.CH4.H2/c1-36-25-8-10-26(11-9-25)37-16-14-30(34)32-27(21-33-15-13-24(20-33)22-5-3-2-4-6-22)31(35)23-7-12-28-29(19-23)39-18-17-38-28;;/h2-12,19,24,27,31,35H,13-18,20-21H2,1H3,(H,32,34);1H4;1H/t24-,27+,31+;;/m0../s1. The lowest BCUT2D eigenvalue weighted by Crippen LogP contribution is -2.47. The number of hydrogen-bond donors (Lipinski definition) is 2. The SMILES string of the molecule is C.COc1ccc(OCCC(=O)N[C@H](CN2CC[C@H](c3ccccc3)C2)[C@H](O)c2ccc3c(c2)OCCO3)cc1.[HH]. The van der Waals surface area contributed by atoms with Crippen molar-refractivity contribution in [1.29, 1.82) is 0 Å². The van der Waals surface area contributed by atoms with Crippen LogP contribution in [0.2, 0.25) is 0 Å². The fraction of sp³-hybridized carbons (Fsp3) is 0.406.